The molecule has 3 heteroatoms. The van der Waals surface area contributed by atoms with Gasteiger partial charge in [-0.1, -0.05) is 19.0 Å². The van der Waals surface area contributed by atoms with E-state index in [-0.39, 0.29) is 0 Å². The van der Waals surface area contributed by atoms with Gasteiger partial charge in [-0.05, 0) is 19.4 Å². The van der Waals surface area contributed by atoms with Gasteiger partial charge in [-0.3, -0.25) is 0 Å². The molecular weight excluding hydrogens is 164 g/mol. The van der Waals surface area contributed by atoms with Crippen molar-refractivity contribution in [1.29, 1.82) is 0 Å². The molecule has 1 aromatic heterocycles. The van der Waals surface area contributed by atoms with Gasteiger partial charge in [0.15, 0.2) is 0 Å². The molecule has 0 aliphatic carbocycles. The number of aromatic nitrogens is 1. The smallest absolute Gasteiger partial charge is 0.139 e. The van der Waals surface area contributed by atoms with Crippen LogP contribution in [0.1, 0.15) is 50.1 Å². The lowest BCUT2D eigenvalue weighted by Gasteiger charge is -2.03. The fourth-order valence-electron chi connectivity index (χ4n) is 1.68. The summed E-state index contributed by atoms with van der Waals surface area (Å²) in [5, 5.41) is 7.48. The van der Waals surface area contributed by atoms with Crippen LogP contribution in [-0.2, 0) is 0 Å². The van der Waals surface area contributed by atoms with Crippen LogP contribution >= 0.6 is 0 Å². The highest BCUT2D eigenvalue weighted by Crippen LogP contribution is 2.24. The summed E-state index contributed by atoms with van der Waals surface area (Å²) in [5.41, 5.74) is 1.07. The van der Waals surface area contributed by atoms with Gasteiger partial charge < -0.3 is 9.84 Å². The number of nitrogens with one attached hydrogen (secondary N) is 1. The highest BCUT2D eigenvalue weighted by molar-refractivity contribution is 5.13. The van der Waals surface area contributed by atoms with Gasteiger partial charge in [-0.15, -0.1) is 0 Å². The highest BCUT2D eigenvalue weighted by Gasteiger charge is 2.20. The minimum atomic E-state index is 0.427. The van der Waals surface area contributed by atoms with E-state index in [1.165, 1.54) is 12.8 Å². The van der Waals surface area contributed by atoms with Crippen molar-refractivity contribution in [2.75, 3.05) is 6.54 Å². The lowest BCUT2D eigenvalue weighted by atomic mass is 10.1. The molecule has 0 bridgehead atoms. The number of nitrogens with zero attached hydrogens (tertiary/aromatic N) is 1. The molecule has 1 atom stereocenters. The Morgan fingerprint density at radius 1 is 1.62 bits per heavy atom. The van der Waals surface area contributed by atoms with Crippen LogP contribution in [0.2, 0.25) is 0 Å². The second kappa shape index (κ2) is 3.50. The molecule has 0 amide bonds. The Morgan fingerprint density at radius 2 is 2.46 bits per heavy atom. The van der Waals surface area contributed by atoms with Gasteiger partial charge >= 0.3 is 0 Å². The van der Waals surface area contributed by atoms with Gasteiger partial charge in [-0.2, -0.15) is 0 Å². The molecule has 1 aliphatic heterocycles. The topological polar surface area (TPSA) is 38.1 Å². The maximum Gasteiger partial charge on any atom is 0.139 e. The number of hydrogen-bond acceptors (Lipinski definition) is 3. The molecule has 0 aromatic carbocycles. The van der Waals surface area contributed by atoms with Gasteiger partial charge in [0.25, 0.3) is 0 Å². The standard InChI is InChI=1S/C10H16N2O/c1-7(2)10-6-9(12-13-10)8-4-3-5-11-8/h6-8,11H,3-5H2,1-2H3. The number of hydrogen-bond donors (Lipinski definition) is 1. The van der Waals surface area contributed by atoms with E-state index >= 15 is 0 Å². The summed E-state index contributed by atoms with van der Waals surface area (Å²) in [6.07, 6.45) is 2.43. The van der Waals surface area contributed by atoms with Crippen molar-refractivity contribution in [3.05, 3.63) is 17.5 Å². The third-order valence-electron chi connectivity index (χ3n) is 2.53. The fraction of sp³-hybridized carbons (Fsp3) is 0.700. The predicted molar refractivity (Wildman–Crippen MR) is 50.6 cm³/mol. The van der Waals surface area contributed by atoms with Gasteiger partial charge in [0.1, 0.15) is 11.5 Å². The van der Waals surface area contributed by atoms with E-state index in [4.69, 9.17) is 4.52 Å². The van der Waals surface area contributed by atoms with Crippen LogP contribution < -0.4 is 5.32 Å². The Balaban J connectivity index is 2.12. The molecule has 1 aromatic rings. The zero-order valence-electron chi connectivity index (χ0n) is 8.21. The van der Waals surface area contributed by atoms with Gasteiger partial charge in [0.05, 0.1) is 6.04 Å². The molecule has 1 N–H and O–H groups in total. The van der Waals surface area contributed by atoms with E-state index < -0.39 is 0 Å². The maximum atomic E-state index is 5.25. The Labute approximate surface area is 78.5 Å². The Bertz CT molecular complexity index is 274. The van der Waals surface area contributed by atoms with Gasteiger partial charge in [-0.25, -0.2) is 0 Å². The Kier molecular flexibility index (Phi) is 2.36. The molecule has 72 valence electrons. The second-order valence-corrected chi connectivity index (χ2v) is 3.96. The van der Waals surface area contributed by atoms with Gasteiger partial charge in [0, 0.05) is 12.0 Å². The molecule has 0 saturated carbocycles. The van der Waals surface area contributed by atoms with Crippen molar-refractivity contribution < 1.29 is 4.52 Å². The van der Waals surface area contributed by atoms with Crippen LogP contribution in [0.5, 0.6) is 0 Å². The molecule has 1 saturated heterocycles. The summed E-state index contributed by atoms with van der Waals surface area (Å²) >= 11 is 0. The van der Waals surface area contributed by atoms with Crippen molar-refractivity contribution in [3.63, 3.8) is 0 Å². The van der Waals surface area contributed by atoms with Crippen molar-refractivity contribution in [1.82, 2.24) is 10.5 Å². The summed E-state index contributed by atoms with van der Waals surface area (Å²) < 4.78 is 5.25. The van der Waals surface area contributed by atoms with Crippen LogP contribution in [0.3, 0.4) is 0 Å². The molecule has 2 rings (SSSR count). The summed E-state index contributed by atoms with van der Waals surface area (Å²) in [6.45, 7) is 5.34. The quantitative estimate of drug-likeness (QED) is 0.758. The zero-order chi connectivity index (χ0) is 9.26. The molecular formula is C10H16N2O. The first-order valence-corrected chi connectivity index (χ1v) is 4.97. The van der Waals surface area contributed by atoms with E-state index in [0.717, 1.165) is 18.0 Å². The second-order valence-electron chi connectivity index (χ2n) is 3.96. The highest BCUT2D eigenvalue weighted by atomic mass is 16.5. The molecule has 0 radical (unpaired) electrons. The molecule has 0 spiro atoms. The maximum absolute atomic E-state index is 5.25. The molecule has 1 fully saturated rings. The van der Waals surface area contributed by atoms with E-state index in [9.17, 15) is 0 Å². The van der Waals surface area contributed by atoms with E-state index in [1.54, 1.807) is 0 Å². The van der Waals surface area contributed by atoms with Crippen molar-refractivity contribution in [2.24, 2.45) is 0 Å². The predicted octanol–water partition coefficient (Wildman–Crippen LogP) is 2.22. The van der Waals surface area contributed by atoms with Gasteiger partial charge in [0.2, 0.25) is 0 Å². The summed E-state index contributed by atoms with van der Waals surface area (Å²) in [6, 6.07) is 2.50. The fourth-order valence-corrected chi connectivity index (χ4v) is 1.68. The zero-order valence-corrected chi connectivity index (χ0v) is 8.21. The first-order valence-electron chi connectivity index (χ1n) is 4.97. The van der Waals surface area contributed by atoms with E-state index in [1.807, 2.05) is 0 Å². The van der Waals surface area contributed by atoms with Crippen LogP contribution in [0.4, 0.5) is 0 Å². The summed E-state index contributed by atoms with van der Waals surface area (Å²) in [4.78, 5) is 0. The van der Waals surface area contributed by atoms with Crippen molar-refractivity contribution >= 4 is 0 Å². The first-order chi connectivity index (χ1) is 6.27. The average Bonchev–Trinajstić information content (AvgIpc) is 2.75. The SMILES string of the molecule is CC(C)c1cc(C2CCCN2)no1. The van der Waals surface area contributed by atoms with Crippen LogP contribution in [0.15, 0.2) is 10.6 Å². The normalized spacial score (nSPS) is 22.8. The summed E-state index contributed by atoms with van der Waals surface area (Å²) in [5.74, 6) is 1.42. The third-order valence-corrected chi connectivity index (χ3v) is 2.53. The summed E-state index contributed by atoms with van der Waals surface area (Å²) in [7, 11) is 0. The minimum Gasteiger partial charge on any atom is -0.361 e. The Hall–Kier alpha value is -0.830. The number of rotatable bonds is 2. The van der Waals surface area contributed by atoms with E-state index in [2.05, 4.69) is 30.4 Å². The van der Waals surface area contributed by atoms with Crippen molar-refractivity contribution in [2.45, 2.75) is 38.6 Å². The van der Waals surface area contributed by atoms with Crippen molar-refractivity contribution in [3.8, 4) is 0 Å². The van der Waals surface area contributed by atoms with E-state index in [0.29, 0.717) is 12.0 Å². The monoisotopic (exact) mass is 180 g/mol. The van der Waals surface area contributed by atoms with Crippen LogP contribution in [-0.4, -0.2) is 11.7 Å². The first kappa shape index (κ1) is 8.75. The molecule has 1 aliphatic rings. The Morgan fingerprint density at radius 3 is 3.00 bits per heavy atom. The lowest BCUT2D eigenvalue weighted by molar-refractivity contribution is 0.360. The molecule has 13 heavy (non-hydrogen) atoms. The largest absolute Gasteiger partial charge is 0.361 e. The molecule has 2 heterocycles. The minimum absolute atomic E-state index is 0.427. The average molecular weight is 180 g/mol. The third kappa shape index (κ3) is 1.75. The van der Waals surface area contributed by atoms with Crippen LogP contribution in [0.25, 0.3) is 0 Å². The molecule has 1 unspecified atom stereocenters. The van der Waals surface area contributed by atoms with Crippen LogP contribution in [0, 0.1) is 0 Å². The lowest BCUT2D eigenvalue weighted by Crippen LogP contribution is -2.12. The molecule has 3 nitrogen and oxygen atoms in total.